The van der Waals surface area contributed by atoms with Gasteiger partial charge >= 0.3 is 5.00 Å². The van der Waals surface area contributed by atoms with Crippen molar-refractivity contribution in [1.29, 1.82) is 0 Å². The van der Waals surface area contributed by atoms with E-state index in [4.69, 9.17) is 11.6 Å². The standard InChI is InChI=1S/C14H13ClN2O3S/c1-2-16(9-10-5-3-4-6-11(10)15)14(18)12-7-8-13(21-12)17(19)20/h3-8H,2,9H2,1H3. The molecule has 0 saturated carbocycles. The maximum absolute atomic E-state index is 12.4. The zero-order valence-corrected chi connectivity index (χ0v) is 12.9. The molecular weight excluding hydrogens is 312 g/mol. The molecule has 2 aromatic rings. The Morgan fingerprint density at radius 2 is 2.05 bits per heavy atom. The van der Waals surface area contributed by atoms with Gasteiger partial charge in [-0.05, 0) is 24.6 Å². The van der Waals surface area contributed by atoms with Crippen molar-refractivity contribution >= 4 is 33.8 Å². The molecule has 0 atom stereocenters. The van der Waals surface area contributed by atoms with Gasteiger partial charge in [-0.15, -0.1) is 0 Å². The van der Waals surface area contributed by atoms with E-state index < -0.39 is 4.92 Å². The summed E-state index contributed by atoms with van der Waals surface area (Å²) in [5, 5.41) is 11.2. The molecule has 0 unspecified atom stereocenters. The summed E-state index contributed by atoms with van der Waals surface area (Å²) in [6, 6.07) is 10.1. The fourth-order valence-electron chi connectivity index (χ4n) is 1.86. The number of carbonyl (C=O) groups excluding carboxylic acids is 1. The molecule has 0 spiro atoms. The molecule has 0 aliphatic carbocycles. The maximum Gasteiger partial charge on any atom is 0.324 e. The first kappa shape index (κ1) is 15.5. The third kappa shape index (κ3) is 3.59. The Balaban J connectivity index is 2.18. The second kappa shape index (κ2) is 6.69. The fourth-order valence-corrected chi connectivity index (χ4v) is 2.84. The minimum atomic E-state index is -0.494. The van der Waals surface area contributed by atoms with Gasteiger partial charge in [0.25, 0.3) is 5.91 Å². The number of thiophene rings is 1. The minimum Gasteiger partial charge on any atom is -0.334 e. The van der Waals surface area contributed by atoms with Crippen LogP contribution in [0.1, 0.15) is 22.2 Å². The summed E-state index contributed by atoms with van der Waals surface area (Å²) < 4.78 is 0. The van der Waals surface area contributed by atoms with E-state index in [-0.39, 0.29) is 10.9 Å². The van der Waals surface area contributed by atoms with E-state index in [0.29, 0.717) is 23.0 Å². The number of amides is 1. The third-order valence-electron chi connectivity index (χ3n) is 2.97. The Morgan fingerprint density at radius 3 is 2.62 bits per heavy atom. The van der Waals surface area contributed by atoms with E-state index >= 15 is 0 Å². The Bertz CT molecular complexity index is 672. The molecule has 1 aromatic heterocycles. The van der Waals surface area contributed by atoms with Crippen LogP contribution in [0.4, 0.5) is 5.00 Å². The van der Waals surface area contributed by atoms with E-state index in [2.05, 4.69) is 0 Å². The number of hydrogen-bond acceptors (Lipinski definition) is 4. The fraction of sp³-hybridized carbons (Fsp3) is 0.214. The highest BCUT2D eigenvalue weighted by molar-refractivity contribution is 7.17. The highest BCUT2D eigenvalue weighted by Crippen LogP contribution is 2.26. The molecule has 5 nitrogen and oxygen atoms in total. The Hall–Kier alpha value is -1.92. The predicted octanol–water partition coefficient (Wildman–Crippen LogP) is 3.97. The van der Waals surface area contributed by atoms with Crippen molar-refractivity contribution in [3.05, 3.63) is 62.0 Å². The van der Waals surface area contributed by atoms with Crippen LogP contribution in [0.3, 0.4) is 0 Å². The van der Waals surface area contributed by atoms with Gasteiger partial charge in [0.15, 0.2) is 0 Å². The first-order chi connectivity index (χ1) is 10.0. The third-order valence-corrected chi connectivity index (χ3v) is 4.36. The molecule has 21 heavy (non-hydrogen) atoms. The first-order valence-corrected chi connectivity index (χ1v) is 7.49. The summed E-state index contributed by atoms with van der Waals surface area (Å²) in [5.41, 5.74) is 0.848. The molecule has 0 aliphatic rings. The van der Waals surface area contributed by atoms with Gasteiger partial charge in [0.2, 0.25) is 0 Å². The first-order valence-electron chi connectivity index (χ1n) is 6.29. The Morgan fingerprint density at radius 1 is 1.33 bits per heavy atom. The second-order valence-corrected chi connectivity index (χ2v) is 5.78. The Kier molecular flexibility index (Phi) is 4.93. The molecule has 0 fully saturated rings. The lowest BCUT2D eigenvalue weighted by Gasteiger charge is -2.20. The molecule has 1 heterocycles. The number of benzene rings is 1. The summed E-state index contributed by atoms with van der Waals surface area (Å²) in [7, 11) is 0. The van der Waals surface area contributed by atoms with Gasteiger partial charge in [-0.2, -0.15) is 0 Å². The van der Waals surface area contributed by atoms with Crippen molar-refractivity contribution in [2.45, 2.75) is 13.5 Å². The number of rotatable bonds is 5. The van der Waals surface area contributed by atoms with Crippen molar-refractivity contribution in [3.63, 3.8) is 0 Å². The van der Waals surface area contributed by atoms with Crippen LogP contribution >= 0.6 is 22.9 Å². The molecular formula is C14H13ClN2O3S. The van der Waals surface area contributed by atoms with Gasteiger partial charge < -0.3 is 4.90 Å². The van der Waals surface area contributed by atoms with Gasteiger partial charge in [-0.25, -0.2) is 0 Å². The molecule has 0 radical (unpaired) electrons. The van der Waals surface area contributed by atoms with Gasteiger partial charge in [-0.1, -0.05) is 41.1 Å². The number of halogens is 1. The van der Waals surface area contributed by atoms with Crippen LogP contribution in [-0.2, 0) is 6.54 Å². The zero-order valence-electron chi connectivity index (χ0n) is 11.3. The van der Waals surface area contributed by atoms with Gasteiger partial charge in [0.1, 0.15) is 0 Å². The van der Waals surface area contributed by atoms with Gasteiger partial charge in [0, 0.05) is 24.2 Å². The SMILES string of the molecule is CCN(Cc1ccccc1Cl)C(=O)c1ccc([N+](=O)[O-])s1. The van der Waals surface area contributed by atoms with Crippen LogP contribution in [0.15, 0.2) is 36.4 Å². The van der Waals surface area contributed by atoms with Crippen molar-refractivity contribution < 1.29 is 9.72 Å². The quantitative estimate of drug-likeness (QED) is 0.617. The molecule has 0 bridgehead atoms. The molecule has 0 saturated heterocycles. The topological polar surface area (TPSA) is 63.5 Å². The summed E-state index contributed by atoms with van der Waals surface area (Å²) in [5.74, 6) is -0.226. The van der Waals surface area contributed by atoms with E-state index in [1.165, 1.54) is 12.1 Å². The smallest absolute Gasteiger partial charge is 0.324 e. The van der Waals surface area contributed by atoms with E-state index in [1.807, 2.05) is 25.1 Å². The van der Waals surface area contributed by atoms with Gasteiger partial charge in [-0.3, -0.25) is 14.9 Å². The predicted molar refractivity (Wildman–Crippen MR) is 82.8 cm³/mol. The molecule has 1 amide bonds. The van der Waals surface area contributed by atoms with E-state index in [1.54, 1.807) is 11.0 Å². The van der Waals surface area contributed by atoms with Crippen LogP contribution in [-0.4, -0.2) is 22.3 Å². The average molecular weight is 325 g/mol. The number of carbonyl (C=O) groups is 1. The van der Waals surface area contributed by atoms with Crippen molar-refractivity contribution in [2.24, 2.45) is 0 Å². The highest BCUT2D eigenvalue weighted by atomic mass is 35.5. The number of hydrogen-bond donors (Lipinski definition) is 0. The average Bonchev–Trinajstić information content (AvgIpc) is 2.96. The lowest BCUT2D eigenvalue weighted by atomic mass is 10.2. The molecule has 0 aliphatic heterocycles. The van der Waals surface area contributed by atoms with E-state index in [0.717, 1.165) is 16.9 Å². The van der Waals surface area contributed by atoms with Gasteiger partial charge in [0.05, 0.1) is 9.80 Å². The molecule has 0 N–H and O–H groups in total. The molecule has 110 valence electrons. The van der Waals surface area contributed by atoms with Crippen LogP contribution < -0.4 is 0 Å². The number of nitro groups is 1. The zero-order chi connectivity index (χ0) is 15.4. The van der Waals surface area contributed by atoms with Crippen molar-refractivity contribution in [1.82, 2.24) is 4.90 Å². The number of nitrogens with zero attached hydrogens (tertiary/aromatic N) is 2. The van der Waals surface area contributed by atoms with Crippen LogP contribution in [0, 0.1) is 10.1 Å². The summed E-state index contributed by atoms with van der Waals surface area (Å²) in [6.07, 6.45) is 0. The Labute approximate surface area is 130 Å². The highest BCUT2D eigenvalue weighted by Gasteiger charge is 2.20. The van der Waals surface area contributed by atoms with Crippen molar-refractivity contribution in [2.75, 3.05) is 6.54 Å². The summed E-state index contributed by atoms with van der Waals surface area (Å²) in [6.45, 7) is 2.73. The van der Waals surface area contributed by atoms with Crippen LogP contribution in [0.25, 0.3) is 0 Å². The minimum absolute atomic E-state index is 0.0350. The second-order valence-electron chi connectivity index (χ2n) is 4.31. The molecule has 2 rings (SSSR count). The molecule has 1 aromatic carbocycles. The van der Waals surface area contributed by atoms with E-state index in [9.17, 15) is 14.9 Å². The largest absolute Gasteiger partial charge is 0.334 e. The van der Waals surface area contributed by atoms with Crippen LogP contribution in [0.5, 0.6) is 0 Å². The lowest BCUT2D eigenvalue weighted by Crippen LogP contribution is -2.29. The summed E-state index contributed by atoms with van der Waals surface area (Å²) >= 11 is 6.98. The lowest BCUT2D eigenvalue weighted by molar-refractivity contribution is -0.380. The summed E-state index contributed by atoms with van der Waals surface area (Å²) in [4.78, 5) is 24.6. The van der Waals surface area contributed by atoms with Crippen LogP contribution in [0.2, 0.25) is 5.02 Å². The monoisotopic (exact) mass is 324 g/mol. The maximum atomic E-state index is 12.4. The van der Waals surface area contributed by atoms with Crippen molar-refractivity contribution in [3.8, 4) is 0 Å². The molecule has 7 heteroatoms. The normalized spacial score (nSPS) is 10.4.